The first-order valence-electron chi connectivity index (χ1n) is 7.73. The third-order valence-electron chi connectivity index (χ3n) is 3.75. The van der Waals surface area contributed by atoms with Crippen LogP contribution < -0.4 is 10.2 Å². The average molecular weight is 309 g/mol. The van der Waals surface area contributed by atoms with Crippen LogP contribution in [0, 0.1) is 5.41 Å². The second-order valence-electron chi connectivity index (χ2n) is 5.86. The van der Waals surface area contributed by atoms with Crippen molar-refractivity contribution in [2.24, 2.45) is 0 Å². The van der Waals surface area contributed by atoms with Gasteiger partial charge in [-0.05, 0) is 29.2 Å². The van der Waals surface area contributed by atoms with Gasteiger partial charge in [0.2, 0.25) is 11.9 Å². The standard InChI is InChI=1S/C19H23N3O/c1-14(2)16-9-11-17(12-10-16)22(3)19(20)21-18(23)13-15-7-5-4-6-8-15/h4-12,14H,13H2,1-3H3,(H2,20,21,23). The molecule has 0 aliphatic heterocycles. The van der Waals surface area contributed by atoms with Crippen LogP contribution in [0.3, 0.4) is 0 Å². The minimum absolute atomic E-state index is 0.0724. The van der Waals surface area contributed by atoms with Gasteiger partial charge in [0, 0.05) is 12.7 Å². The molecular weight excluding hydrogens is 286 g/mol. The second kappa shape index (κ2) is 7.58. The van der Waals surface area contributed by atoms with E-state index in [1.165, 1.54) is 5.56 Å². The molecule has 0 spiro atoms. The monoisotopic (exact) mass is 309 g/mol. The number of guanidine groups is 1. The molecular formula is C19H23N3O. The number of nitrogens with zero attached hydrogens (tertiary/aromatic N) is 1. The highest BCUT2D eigenvalue weighted by Crippen LogP contribution is 2.19. The molecule has 4 heteroatoms. The Labute approximate surface area is 137 Å². The molecule has 0 saturated heterocycles. The zero-order chi connectivity index (χ0) is 16.8. The van der Waals surface area contributed by atoms with Gasteiger partial charge in [0.15, 0.2) is 0 Å². The number of benzene rings is 2. The topological polar surface area (TPSA) is 56.2 Å². The first kappa shape index (κ1) is 16.7. The van der Waals surface area contributed by atoms with Gasteiger partial charge in [-0.25, -0.2) is 0 Å². The summed E-state index contributed by atoms with van der Waals surface area (Å²) in [5.74, 6) is 0.356. The van der Waals surface area contributed by atoms with Crippen LogP contribution in [-0.4, -0.2) is 18.9 Å². The predicted molar refractivity (Wildman–Crippen MR) is 94.9 cm³/mol. The van der Waals surface area contributed by atoms with Gasteiger partial charge in [-0.2, -0.15) is 0 Å². The molecule has 4 nitrogen and oxygen atoms in total. The van der Waals surface area contributed by atoms with Crippen molar-refractivity contribution in [3.05, 3.63) is 65.7 Å². The molecule has 2 rings (SSSR count). The molecule has 2 N–H and O–H groups in total. The lowest BCUT2D eigenvalue weighted by molar-refractivity contribution is -0.119. The zero-order valence-electron chi connectivity index (χ0n) is 13.8. The van der Waals surface area contributed by atoms with E-state index in [-0.39, 0.29) is 18.3 Å². The van der Waals surface area contributed by atoms with E-state index in [1.807, 2.05) is 42.5 Å². The van der Waals surface area contributed by atoms with Crippen molar-refractivity contribution in [3.8, 4) is 0 Å². The maximum absolute atomic E-state index is 12.0. The van der Waals surface area contributed by atoms with Crippen molar-refractivity contribution < 1.29 is 4.79 Å². The van der Waals surface area contributed by atoms with Crippen LogP contribution in [0.15, 0.2) is 54.6 Å². The van der Waals surface area contributed by atoms with E-state index in [0.717, 1.165) is 11.3 Å². The predicted octanol–water partition coefficient (Wildman–Crippen LogP) is 3.54. The van der Waals surface area contributed by atoms with Gasteiger partial charge >= 0.3 is 0 Å². The van der Waals surface area contributed by atoms with Crippen LogP contribution in [-0.2, 0) is 11.2 Å². The van der Waals surface area contributed by atoms with Crippen LogP contribution in [0.25, 0.3) is 0 Å². The Morgan fingerprint density at radius 1 is 1.09 bits per heavy atom. The van der Waals surface area contributed by atoms with Crippen LogP contribution >= 0.6 is 0 Å². The first-order valence-corrected chi connectivity index (χ1v) is 7.73. The maximum atomic E-state index is 12.0. The highest BCUT2D eigenvalue weighted by molar-refractivity contribution is 6.04. The van der Waals surface area contributed by atoms with Gasteiger partial charge in [0.1, 0.15) is 0 Å². The number of nitrogens with one attached hydrogen (secondary N) is 2. The van der Waals surface area contributed by atoms with Crippen molar-refractivity contribution in [1.29, 1.82) is 5.41 Å². The van der Waals surface area contributed by atoms with Crippen LogP contribution in [0.2, 0.25) is 0 Å². The van der Waals surface area contributed by atoms with Crippen molar-refractivity contribution in [3.63, 3.8) is 0 Å². The summed E-state index contributed by atoms with van der Waals surface area (Å²) in [5.41, 5.74) is 3.06. The van der Waals surface area contributed by atoms with Gasteiger partial charge in [0.25, 0.3) is 0 Å². The number of amides is 1. The van der Waals surface area contributed by atoms with Gasteiger partial charge in [-0.15, -0.1) is 0 Å². The summed E-state index contributed by atoms with van der Waals surface area (Å²) >= 11 is 0. The molecule has 0 fully saturated rings. The lowest BCUT2D eigenvalue weighted by Gasteiger charge is -2.21. The van der Waals surface area contributed by atoms with Crippen LogP contribution in [0.4, 0.5) is 5.69 Å². The lowest BCUT2D eigenvalue weighted by Crippen LogP contribution is -2.42. The van der Waals surface area contributed by atoms with E-state index in [4.69, 9.17) is 5.41 Å². The fourth-order valence-electron chi connectivity index (χ4n) is 2.25. The molecule has 0 heterocycles. The fraction of sp³-hybridized carbons (Fsp3) is 0.263. The van der Waals surface area contributed by atoms with Crippen LogP contribution in [0.5, 0.6) is 0 Å². The van der Waals surface area contributed by atoms with Crippen molar-refractivity contribution in [1.82, 2.24) is 5.32 Å². The molecule has 0 radical (unpaired) electrons. The van der Waals surface area contributed by atoms with E-state index in [9.17, 15) is 4.79 Å². The summed E-state index contributed by atoms with van der Waals surface area (Å²) in [5, 5.41) is 10.7. The molecule has 0 saturated carbocycles. The summed E-state index contributed by atoms with van der Waals surface area (Å²) in [6.07, 6.45) is 0.267. The molecule has 0 aliphatic carbocycles. The van der Waals surface area contributed by atoms with Crippen molar-refractivity contribution in [2.45, 2.75) is 26.2 Å². The molecule has 2 aromatic rings. The molecule has 2 aromatic carbocycles. The third-order valence-corrected chi connectivity index (χ3v) is 3.75. The molecule has 0 aromatic heterocycles. The summed E-state index contributed by atoms with van der Waals surface area (Å²) in [7, 11) is 1.77. The second-order valence-corrected chi connectivity index (χ2v) is 5.86. The molecule has 0 aliphatic rings. The third kappa shape index (κ3) is 4.68. The minimum Gasteiger partial charge on any atom is -0.316 e. The average Bonchev–Trinajstić information content (AvgIpc) is 2.55. The number of hydrogen-bond donors (Lipinski definition) is 2. The summed E-state index contributed by atoms with van der Waals surface area (Å²) in [4.78, 5) is 13.7. The minimum atomic E-state index is -0.188. The van der Waals surface area contributed by atoms with E-state index in [1.54, 1.807) is 11.9 Å². The number of anilines is 1. The Morgan fingerprint density at radius 3 is 2.26 bits per heavy atom. The molecule has 0 bridgehead atoms. The molecule has 1 amide bonds. The van der Waals surface area contributed by atoms with E-state index in [0.29, 0.717) is 5.92 Å². The summed E-state index contributed by atoms with van der Waals surface area (Å²) in [6.45, 7) is 4.29. The number of carbonyl (C=O) groups excluding carboxylic acids is 1. The molecule has 0 unspecified atom stereocenters. The summed E-state index contributed by atoms with van der Waals surface area (Å²) < 4.78 is 0. The van der Waals surface area contributed by atoms with E-state index < -0.39 is 0 Å². The normalized spacial score (nSPS) is 10.4. The van der Waals surface area contributed by atoms with Crippen LogP contribution in [0.1, 0.15) is 30.9 Å². The first-order chi connectivity index (χ1) is 11.0. The van der Waals surface area contributed by atoms with Gasteiger partial charge < -0.3 is 4.90 Å². The SMILES string of the molecule is CC(C)c1ccc(N(C)C(=N)NC(=O)Cc2ccccc2)cc1. The summed E-state index contributed by atoms with van der Waals surface area (Å²) in [6, 6.07) is 17.5. The van der Waals surface area contributed by atoms with Gasteiger partial charge in [-0.1, -0.05) is 56.3 Å². The lowest BCUT2D eigenvalue weighted by atomic mass is 10.0. The van der Waals surface area contributed by atoms with Crippen molar-refractivity contribution >= 4 is 17.6 Å². The highest BCUT2D eigenvalue weighted by atomic mass is 16.1. The highest BCUT2D eigenvalue weighted by Gasteiger charge is 2.11. The Balaban J connectivity index is 1.95. The smallest absolute Gasteiger partial charge is 0.231 e. The van der Waals surface area contributed by atoms with Gasteiger partial charge in [-0.3, -0.25) is 15.5 Å². The molecule has 120 valence electrons. The Hall–Kier alpha value is -2.62. The quantitative estimate of drug-likeness (QED) is 0.670. The molecule has 0 atom stereocenters. The fourth-order valence-corrected chi connectivity index (χ4v) is 2.25. The largest absolute Gasteiger partial charge is 0.316 e. The Kier molecular flexibility index (Phi) is 5.52. The Morgan fingerprint density at radius 2 is 1.70 bits per heavy atom. The Bertz CT molecular complexity index is 663. The number of rotatable bonds is 4. The number of carbonyl (C=O) groups is 1. The maximum Gasteiger partial charge on any atom is 0.231 e. The van der Waals surface area contributed by atoms with E-state index >= 15 is 0 Å². The van der Waals surface area contributed by atoms with Gasteiger partial charge in [0.05, 0.1) is 6.42 Å². The molecule has 23 heavy (non-hydrogen) atoms. The van der Waals surface area contributed by atoms with E-state index in [2.05, 4.69) is 31.3 Å². The zero-order valence-corrected chi connectivity index (χ0v) is 13.8. The van der Waals surface area contributed by atoms with Crippen molar-refractivity contribution in [2.75, 3.05) is 11.9 Å². The number of hydrogen-bond acceptors (Lipinski definition) is 2.